The van der Waals surface area contributed by atoms with Crippen LogP contribution < -0.4 is 11.1 Å². The zero-order valence-electron chi connectivity index (χ0n) is 12.3. The summed E-state index contributed by atoms with van der Waals surface area (Å²) in [5.41, 5.74) is 5.89. The summed E-state index contributed by atoms with van der Waals surface area (Å²) in [4.78, 5) is 27.6. The number of amides is 1. The first-order chi connectivity index (χ1) is 9.82. The molecule has 7 heteroatoms. The van der Waals surface area contributed by atoms with E-state index in [1.165, 1.54) is 0 Å². The van der Waals surface area contributed by atoms with Crippen LogP contribution in [0, 0.1) is 12.8 Å². The molecular formula is C14H21N3O3S. The highest BCUT2D eigenvalue weighted by molar-refractivity contribution is 7.13. The van der Waals surface area contributed by atoms with Crippen LogP contribution in [-0.4, -0.2) is 27.5 Å². The molecule has 2 unspecified atom stereocenters. The van der Waals surface area contributed by atoms with Crippen molar-refractivity contribution in [1.82, 2.24) is 10.3 Å². The van der Waals surface area contributed by atoms with E-state index in [1.54, 1.807) is 6.92 Å². The van der Waals surface area contributed by atoms with E-state index in [4.69, 9.17) is 10.8 Å². The van der Waals surface area contributed by atoms with Crippen LogP contribution in [0.1, 0.15) is 53.0 Å². The van der Waals surface area contributed by atoms with Crippen molar-refractivity contribution in [1.29, 1.82) is 0 Å². The topological polar surface area (TPSA) is 105 Å². The number of nitrogens with one attached hydrogen (secondary N) is 1. The number of carbonyl (C=O) groups is 2. The molecule has 1 saturated carbocycles. The largest absolute Gasteiger partial charge is 0.477 e. The Labute approximate surface area is 127 Å². The second-order valence-electron chi connectivity index (χ2n) is 5.87. The molecule has 1 aromatic rings. The Balaban J connectivity index is 1.97. The number of carboxylic acid groups (broad SMARTS) is 1. The van der Waals surface area contributed by atoms with E-state index in [1.807, 2.05) is 0 Å². The Morgan fingerprint density at radius 3 is 2.86 bits per heavy atom. The van der Waals surface area contributed by atoms with E-state index < -0.39 is 11.5 Å². The van der Waals surface area contributed by atoms with Crippen molar-refractivity contribution in [2.24, 2.45) is 11.7 Å². The maximum absolute atomic E-state index is 12.3. The number of aryl methyl sites for hydroxylation is 1. The average Bonchev–Trinajstić information content (AvgIpc) is 2.77. The molecular weight excluding hydrogens is 290 g/mol. The van der Waals surface area contributed by atoms with Crippen molar-refractivity contribution in [3.63, 3.8) is 0 Å². The maximum atomic E-state index is 12.3. The maximum Gasteiger partial charge on any atom is 0.347 e. The van der Waals surface area contributed by atoms with Gasteiger partial charge in [-0.1, -0.05) is 19.8 Å². The van der Waals surface area contributed by atoms with E-state index in [0.717, 1.165) is 24.2 Å². The summed E-state index contributed by atoms with van der Waals surface area (Å²) in [6.07, 6.45) is 3.46. The molecule has 1 aromatic heterocycles. The number of hydrogen-bond donors (Lipinski definition) is 3. The predicted octanol–water partition coefficient (Wildman–Crippen LogP) is 1.67. The molecule has 0 bridgehead atoms. The van der Waals surface area contributed by atoms with Crippen molar-refractivity contribution in [3.8, 4) is 0 Å². The normalized spacial score (nSPS) is 25.6. The third-order valence-corrected chi connectivity index (χ3v) is 5.07. The second kappa shape index (κ2) is 6.11. The Hall–Kier alpha value is -1.47. The van der Waals surface area contributed by atoms with Crippen molar-refractivity contribution in [2.45, 2.75) is 51.6 Å². The first-order valence-corrected chi connectivity index (χ1v) is 7.90. The number of carbonyl (C=O) groups excluding carboxylic acids is 1. The molecule has 116 valence electrons. The number of nitrogens with zero attached hydrogens (tertiary/aromatic N) is 1. The minimum Gasteiger partial charge on any atom is -0.477 e. The standard InChI is InChI=1S/C14H21N3O3S/c1-8-4-3-5-14(15,6-8)13(20)16-7-10-17-9(2)11(21-10)12(18)19/h8H,3-7,15H2,1-2H3,(H,16,20)(H,18,19). The molecule has 1 aliphatic rings. The summed E-state index contributed by atoms with van der Waals surface area (Å²) >= 11 is 1.09. The fraction of sp³-hybridized carbons (Fsp3) is 0.643. The van der Waals surface area contributed by atoms with Crippen LogP contribution in [0.25, 0.3) is 0 Å². The zero-order chi connectivity index (χ0) is 15.6. The van der Waals surface area contributed by atoms with Crippen molar-refractivity contribution in [2.75, 3.05) is 0 Å². The molecule has 0 aliphatic heterocycles. The second-order valence-corrected chi connectivity index (χ2v) is 6.95. The minimum absolute atomic E-state index is 0.168. The van der Waals surface area contributed by atoms with Gasteiger partial charge in [0.25, 0.3) is 0 Å². The zero-order valence-corrected chi connectivity index (χ0v) is 13.1. The first kappa shape index (κ1) is 15.9. The van der Waals surface area contributed by atoms with Gasteiger partial charge in [-0.2, -0.15) is 0 Å². The molecule has 21 heavy (non-hydrogen) atoms. The lowest BCUT2D eigenvalue weighted by molar-refractivity contribution is -0.128. The van der Waals surface area contributed by atoms with Gasteiger partial charge in [-0.25, -0.2) is 9.78 Å². The molecule has 6 nitrogen and oxygen atoms in total. The lowest BCUT2D eigenvalue weighted by Gasteiger charge is -2.35. The molecule has 1 aliphatic carbocycles. The summed E-state index contributed by atoms with van der Waals surface area (Å²) in [6.45, 7) is 3.99. The molecule has 1 heterocycles. The molecule has 0 aromatic carbocycles. The molecule has 0 radical (unpaired) electrons. The van der Waals surface area contributed by atoms with E-state index in [9.17, 15) is 9.59 Å². The van der Waals surface area contributed by atoms with Gasteiger partial charge in [0.1, 0.15) is 9.88 Å². The summed E-state index contributed by atoms with van der Waals surface area (Å²) in [5.74, 6) is -0.701. The fourth-order valence-electron chi connectivity index (χ4n) is 2.86. The molecule has 2 rings (SSSR count). The summed E-state index contributed by atoms with van der Waals surface area (Å²) in [5, 5.41) is 12.4. The number of hydrogen-bond acceptors (Lipinski definition) is 5. The van der Waals surface area contributed by atoms with Crippen LogP contribution in [0.4, 0.5) is 0 Å². The van der Waals surface area contributed by atoms with E-state index >= 15 is 0 Å². The molecule has 4 N–H and O–H groups in total. The van der Waals surface area contributed by atoms with Gasteiger partial charge < -0.3 is 16.2 Å². The Kier molecular flexibility index (Phi) is 4.63. The number of nitrogens with two attached hydrogens (primary N) is 1. The van der Waals surface area contributed by atoms with Gasteiger partial charge in [-0.15, -0.1) is 11.3 Å². The lowest BCUT2D eigenvalue weighted by Crippen LogP contribution is -2.56. The fourth-order valence-corrected chi connectivity index (χ4v) is 3.70. The quantitative estimate of drug-likeness (QED) is 0.784. The molecule has 0 spiro atoms. The van der Waals surface area contributed by atoms with E-state index in [2.05, 4.69) is 17.2 Å². The Morgan fingerprint density at radius 1 is 1.57 bits per heavy atom. The Morgan fingerprint density at radius 2 is 2.29 bits per heavy atom. The van der Waals surface area contributed by atoms with Crippen molar-refractivity contribution >= 4 is 23.2 Å². The predicted molar refractivity (Wildman–Crippen MR) is 80.2 cm³/mol. The third-order valence-electron chi connectivity index (χ3n) is 3.92. The highest BCUT2D eigenvalue weighted by Gasteiger charge is 2.37. The third kappa shape index (κ3) is 3.59. The van der Waals surface area contributed by atoms with Gasteiger partial charge in [0.05, 0.1) is 17.8 Å². The molecule has 2 atom stereocenters. The monoisotopic (exact) mass is 311 g/mol. The highest BCUT2D eigenvalue weighted by atomic mass is 32.1. The van der Waals surface area contributed by atoms with Gasteiger partial charge in [-0.3, -0.25) is 4.79 Å². The number of thiazole rings is 1. The summed E-state index contributed by atoms with van der Waals surface area (Å²) in [6, 6.07) is 0. The number of aromatic nitrogens is 1. The highest BCUT2D eigenvalue weighted by Crippen LogP contribution is 2.30. The average molecular weight is 311 g/mol. The van der Waals surface area contributed by atoms with Crippen LogP contribution in [0.2, 0.25) is 0 Å². The van der Waals surface area contributed by atoms with E-state index in [-0.39, 0.29) is 17.3 Å². The molecule has 0 saturated heterocycles. The van der Waals surface area contributed by atoms with Crippen LogP contribution in [0.3, 0.4) is 0 Å². The van der Waals surface area contributed by atoms with Gasteiger partial charge in [0.2, 0.25) is 5.91 Å². The van der Waals surface area contributed by atoms with Crippen LogP contribution in [-0.2, 0) is 11.3 Å². The number of carboxylic acids is 1. The Bertz CT molecular complexity index is 558. The molecule has 1 amide bonds. The van der Waals surface area contributed by atoms with Gasteiger partial charge in [0.15, 0.2) is 0 Å². The van der Waals surface area contributed by atoms with Gasteiger partial charge >= 0.3 is 5.97 Å². The van der Waals surface area contributed by atoms with Crippen LogP contribution in [0.5, 0.6) is 0 Å². The van der Waals surface area contributed by atoms with Gasteiger partial charge in [0, 0.05) is 0 Å². The molecule has 1 fully saturated rings. The van der Waals surface area contributed by atoms with Crippen molar-refractivity contribution < 1.29 is 14.7 Å². The van der Waals surface area contributed by atoms with Crippen molar-refractivity contribution in [3.05, 3.63) is 15.6 Å². The van der Waals surface area contributed by atoms with Crippen LogP contribution in [0.15, 0.2) is 0 Å². The summed E-state index contributed by atoms with van der Waals surface area (Å²) < 4.78 is 0. The SMILES string of the molecule is Cc1nc(CNC(=O)C2(N)CCCC(C)C2)sc1C(=O)O. The van der Waals surface area contributed by atoms with Gasteiger partial charge in [-0.05, 0) is 25.7 Å². The van der Waals surface area contributed by atoms with E-state index in [0.29, 0.717) is 29.5 Å². The smallest absolute Gasteiger partial charge is 0.347 e. The minimum atomic E-state index is -0.987. The first-order valence-electron chi connectivity index (χ1n) is 7.08. The van der Waals surface area contributed by atoms with Crippen LogP contribution >= 0.6 is 11.3 Å². The lowest BCUT2D eigenvalue weighted by atomic mass is 9.76. The summed E-state index contributed by atoms with van der Waals surface area (Å²) in [7, 11) is 0. The number of aromatic carboxylic acids is 1. The number of rotatable bonds is 4.